The molecule has 8 nitrogen and oxygen atoms in total. The first kappa shape index (κ1) is 15.6. The van der Waals surface area contributed by atoms with Crippen LogP contribution < -0.4 is 10.7 Å². The number of rotatable bonds is 5. The van der Waals surface area contributed by atoms with E-state index in [2.05, 4.69) is 10.7 Å². The second-order valence-corrected chi connectivity index (χ2v) is 4.37. The zero-order valence-corrected chi connectivity index (χ0v) is 11.4. The lowest BCUT2D eigenvalue weighted by Gasteiger charge is -2.17. The topological polar surface area (TPSA) is 105 Å². The molecule has 0 aromatic heterocycles. The monoisotopic (exact) mass is 280 g/mol. The maximum absolute atomic E-state index is 11.9. The minimum atomic E-state index is -0.760. The number of nitrogens with zero attached hydrogens (tertiary/aromatic N) is 2. The average Bonchev–Trinajstić information content (AvgIpc) is 2.37. The molecule has 2 amide bonds. The molecule has 0 aliphatic carbocycles. The Morgan fingerprint density at radius 2 is 2.00 bits per heavy atom. The SMILES string of the molecule is C[C@H](NC(=O)c1cccc([N+](=O)[O-])c1)C(=O)NN(C)C. The Kier molecular flexibility index (Phi) is 5.15. The maximum Gasteiger partial charge on any atom is 0.270 e. The summed E-state index contributed by atoms with van der Waals surface area (Å²) in [5, 5.41) is 14.6. The van der Waals surface area contributed by atoms with E-state index in [9.17, 15) is 19.7 Å². The molecule has 2 N–H and O–H groups in total. The number of non-ortho nitro benzene ring substituents is 1. The van der Waals surface area contributed by atoms with Gasteiger partial charge in [0.1, 0.15) is 6.04 Å². The quantitative estimate of drug-likeness (QED) is 0.596. The average molecular weight is 280 g/mol. The lowest BCUT2D eigenvalue weighted by Crippen LogP contribution is -2.48. The first-order valence-electron chi connectivity index (χ1n) is 5.84. The fourth-order valence-corrected chi connectivity index (χ4v) is 1.42. The van der Waals surface area contributed by atoms with E-state index in [4.69, 9.17) is 0 Å². The van der Waals surface area contributed by atoms with Crippen molar-refractivity contribution in [3.05, 3.63) is 39.9 Å². The van der Waals surface area contributed by atoms with Crippen molar-refractivity contribution in [2.75, 3.05) is 14.1 Å². The number of hydrogen-bond donors (Lipinski definition) is 2. The zero-order chi connectivity index (χ0) is 15.3. The van der Waals surface area contributed by atoms with Gasteiger partial charge in [0.05, 0.1) is 4.92 Å². The lowest BCUT2D eigenvalue weighted by atomic mass is 10.2. The Balaban J connectivity index is 2.73. The normalized spacial score (nSPS) is 11.8. The Labute approximate surface area is 115 Å². The molecule has 0 saturated carbocycles. The van der Waals surface area contributed by atoms with Crippen LogP contribution in [0.5, 0.6) is 0 Å². The number of benzene rings is 1. The fraction of sp³-hybridized carbons (Fsp3) is 0.333. The van der Waals surface area contributed by atoms with E-state index in [-0.39, 0.29) is 17.2 Å². The number of nitrogens with one attached hydrogen (secondary N) is 2. The summed E-state index contributed by atoms with van der Waals surface area (Å²) in [6.45, 7) is 1.52. The van der Waals surface area contributed by atoms with Crippen LogP contribution in [0, 0.1) is 10.1 Å². The van der Waals surface area contributed by atoms with Gasteiger partial charge in [-0.2, -0.15) is 0 Å². The van der Waals surface area contributed by atoms with E-state index in [1.54, 1.807) is 14.1 Å². The zero-order valence-electron chi connectivity index (χ0n) is 11.4. The molecule has 1 rings (SSSR count). The molecule has 108 valence electrons. The summed E-state index contributed by atoms with van der Waals surface area (Å²) in [4.78, 5) is 33.6. The molecule has 0 fully saturated rings. The predicted molar refractivity (Wildman–Crippen MR) is 71.9 cm³/mol. The Bertz CT molecular complexity index is 530. The number of carbonyl (C=O) groups is 2. The minimum absolute atomic E-state index is 0.128. The van der Waals surface area contributed by atoms with E-state index in [1.165, 1.54) is 30.1 Å². The highest BCUT2D eigenvalue weighted by Crippen LogP contribution is 2.12. The molecule has 0 bridgehead atoms. The van der Waals surface area contributed by atoms with Crippen LogP contribution in [0.2, 0.25) is 0 Å². The Morgan fingerprint density at radius 1 is 1.35 bits per heavy atom. The molecule has 0 spiro atoms. The molecular weight excluding hydrogens is 264 g/mol. The van der Waals surface area contributed by atoms with Gasteiger partial charge in [-0.25, -0.2) is 5.01 Å². The van der Waals surface area contributed by atoms with Gasteiger partial charge in [0, 0.05) is 31.8 Å². The van der Waals surface area contributed by atoms with E-state index in [1.807, 2.05) is 0 Å². The number of hydrogen-bond acceptors (Lipinski definition) is 5. The molecule has 1 aromatic rings. The number of hydrazine groups is 1. The summed E-state index contributed by atoms with van der Waals surface area (Å²) in [6.07, 6.45) is 0. The highest BCUT2D eigenvalue weighted by molar-refractivity contribution is 5.97. The molecule has 8 heteroatoms. The van der Waals surface area contributed by atoms with E-state index in [0.717, 1.165) is 6.07 Å². The Morgan fingerprint density at radius 3 is 2.55 bits per heavy atom. The summed E-state index contributed by atoms with van der Waals surface area (Å²) in [5.41, 5.74) is 2.45. The van der Waals surface area contributed by atoms with Crippen LogP contribution in [0.1, 0.15) is 17.3 Å². The molecule has 0 radical (unpaired) electrons. The summed E-state index contributed by atoms with van der Waals surface area (Å²) in [6, 6.07) is 4.55. The number of amides is 2. The van der Waals surface area contributed by atoms with Crippen molar-refractivity contribution in [3.8, 4) is 0 Å². The van der Waals surface area contributed by atoms with Crippen molar-refractivity contribution >= 4 is 17.5 Å². The summed E-state index contributed by atoms with van der Waals surface area (Å²) in [7, 11) is 3.29. The third-order valence-electron chi connectivity index (χ3n) is 2.39. The van der Waals surface area contributed by atoms with E-state index < -0.39 is 16.9 Å². The van der Waals surface area contributed by atoms with Gasteiger partial charge in [-0.05, 0) is 13.0 Å². The molecule has 0 aliphatic rings. The maximum atomic E-state index is 11.9. The van der Waals surface area contributed by atoms with Crippen LogP contribution in [0.4, 0.5) is 5.69 Å². The second-order valence-electron chi connectivity index (χ2n) is 4.37. The first-order chi connectivity index (χ1) is 9.31. The van der Waals surface area contributed by atoms with Crippen LogP contribution in [0.3, 0.4) is 0 Å². The standard InChI is InChI=1S/C12H16N4O4/c1-8(11(17)14-15(2)3)13-12(18)9-5-4-6-10(7-9)16(19)20/h4-8H,1-3H3,(H,13,18)(H,14,17)/t8-/m0/s1. The molecular formula is C12H16N4O4. The molecule has 20 heavy (non-hydrogen) atoms. The van der Waals surface area contributed by atoms with Crippen LogP contribution in [0.15, 0.2) is 24.3 Å². The summed E-state index contributed by atoms with van der Waals surface area (Å²) < 4.78 is 0. The lowest BCUT2D eigenvalue weighted by molar-refractivity contribution is -0.384. The van der Waals surface area contributed by atoms with Crippen molar-refractivity contribution in [3.63, 3.8) is 0 Å². The van der Waals surface area contributed by atoms with E-state index >= 15 is 0 Å². The van der Waals surface area contributed by atoms with Crippen LogP contribution >= 0.6 is 0 Å². The number of nitro benzene ring substituents is 1. The smallest absolute Gasteiger partial charge is 0.270 e. The van der Waals surface area contributed by atoms with Gasteiger partial charge in [-0.3, -0.25) is 25.1 Å². The van der Waals surface area contributed by atoms with Gasteiger partial charge in [-0.1, -0.05) is 6.07 Å². The number of carbonyl (C=O) groups excluding carboxylic acids is 2. The van der Waals surface area contributed by atoms with Gasteiger partial charge in [0.15, 0.2) is 0 Å². The highest BCUT2D eigenvalue weighted by Gasteiger charge is 2.18. The molecule has 0 saturated heterocycles. The van der Waals surface area contributed by atoms with Gasteiger partial charge in [0.25, 0.3) is 17.5 Å². The largest absolute Gasteiger partial charge is 0.340 e. The predicted octanol–water partition coefficient (Wildman–Crippen LogP) is 0.306. The molecule has 0 aliphatic heterocycles. The van der Waals surface area contributed by atoms with Gasteiger partial charge in [0.2, 0.25) is 0 Å². The minimum Gasteiger partial charge on any atom is -0.340 e. The highest BCUT2D eigenvalue weighted by atomic mass is 16.6. The van der Waals surface area contributed by atoms with Crippen LogP contribution in [-0.2, 0) is 4.79 Å². The molecule has 1 atom stereocenters. The van der Waals surface area contributed by atoms with Crippen LogP contribution in [0.25, 0.3) is 0 Å². The van der Waals surface area contributed by atoms with Crippen molar-refractivity contribution < 1.29 is 14.5 Å². The fourth-order valence-electron chi connectivity index (χ4n) is 1.42. The van der Waals surface area contributed by atoms with E-state index in [0.29, 0.717) is 0 Å². The van der Waals surface area contributed by atoms with Crippen molar-refractivity contribution in [1.82, 2.24) is 15.8 Å². The molecule has 0 unspecified atom stereocenters. The number of nitro groups is 1. The van der Waals surface area contributed by atoms with Gasteiger partial charge < -0.3 is 5.32 Å². The summed E-state index contributed by atoms with van der Waals surface area (Å²) in [5.74, 6) is -0.927. The Hall–Kier alpha value is -2.48. The van der Waals surface area contributed by atoms with Gasteiger partial charge >= 0.3 is 0 Å². The second kappa shape index (κ2) is 6.62. The third-order valence-corrected chi connectivity index (χ3v) is 2.39. The molecule has 0 heterocycles. The third kappa shape index (κ3) is 4.32. The van der Waals surface area contributed by atoms with Crippen molar-refractivity contribution in [2.24, 2.45) is 0 Å². The van der Waals surface area contributed by atoms with Crippen LogP contribution in [-0.4, -0.2) is 41.9 Å². The summed E-state index contributed by atoms with van der Waals surface area (Å²) >= 11 is 0. The first-order valence-corrected chi connectivity index (χ1v) is 5.84. The van der Waals surface area contributed by atoms with Gasteiger partial charge in [-0.15, -0.1) is 0 Å². The van der Waals surface area contributed by atoms with Crippen molar-refractivity contribution in [1.29, 1.82) is 0 Å². The molecule has 1 aromatic carbocycles. The van der Waals surface area contributed by atoms with Crippen molar-refractivity contribution in [2.45, 2.75) is 13.0 Å².